The maximum Gasteiger partial charge on any atom is 0.115 e. The molecule has 0 saturated carbocycles. The molecule has 88 valence electrons. The Balaban J connectivity index is 2.24. The molecular formula is C12H17NO3. The van der Waals surface area contributed by atoms with E-state index in [4.69, 9.17) is 0 Å². The van der Waals surface area contributed by atoms with E-state index in [1.54, 1.807) is 24.3 Å². The van der Waals surface area contributed by atoms with Gasteiger partial charge < -0.3 is 20.6 Å². The van der Waals surface area contributed by atoms with Gasteiger partial charge in [-0.3, -0.25) is 0 Å². The summed E-state index contributed by atoms with van der Waals surface area (Å²) in [5.74, 6) is 0.174. The van der Waals surface area contributed by atoms with Gasteiger partial charge in [0.1, 0.15) is 5.75 Å². The van der Waals surface area contributed by atoms with E-state index in [1.807, 2.05) is 0 Å². The number of phenolic OH excluding ortho intramolecular Hbond substituents is 1. The van der Waals surface area contributed by atoms with Gasteiger partial charge in [-0.15, -0.1) is 0 Å². The Labute approximate surface area is 94.5 Å². The third-order valence-electron chi connectivity index (χ3n) is 3.19. The van der Waals surface area contributed by atoms with Gasteiger partial charge in [-0.2, -0.15) is 0 Å². The minimum atomic E-state index is -0.490. The van der Waals surface area contributed by atoms with Gasteiger partial charge in [-0.05, 0) is 17.7 Å². The van der Waals surface area contributed by atoms with E-state index < -0.39 is 6.10 Å². The molecule has 4 N–H and O–H groups in total. The van der Waals surface area contributed by atoms with Crippen molar-refractivity contribution in [2.75, 3.05) is 19.7 Å². The number of aliphatic hydroxyl groups excluding tert-OH is 2. The van der Waals surface area contributed by atoms with Gasteiger partial charge in [0.05, 0.1) is 6.10 Å². The van der Waals surface area contributed by atoms with Gasteiger partial charge >= 0.3 is 0 Å². The Bertz CT molecular complexity index is 339. The van der Waals surface area contributed by atoms with E-state index in [-0.39, 0.29) is 24.2 Å². The molecule has 4 heteroatoms. The Morgan fingerprint density at radius 2 is 1.88 bits per heavy atom. The molecule has 0 aromatic heterocycles. The van der Waals surface area contributed by atoms with Gasteiger partial charge in [-0.25, -0.2) is 0 Å². The average molecular weight is 223 g/mol. The number of aromatic hydroxyl groups is 1. The van der Waals surface area contributed by atoms with E-state index in [9.17, 15) is 15.3 Å². The van der Waals surface area contributed by atoms with Crippen molar-refractivity contribution in [2.24, 2.45) is 5.92 Å². The first-order valence-corrected chi connectivity index (χ1v) is 5.51. The molecule has 0 amide bonds. The number of hydrogen-bond donors (Lipinski definition) is 4. The standard InChI is InChI=1S/C12H17NO3/c14-7-9-5-13-6-11(16)12(9)8-1-3-10(15)4-2-8/h1-4,9,11-16H,5-7H2/t9-,11-,12-/m1/s1. The second-order valence-electron chi connectivity index (χ2n) is 4.29. The summed E-state index contributed by atoms with van der Waals surface area (Å²) in [5.41, 5.74) is 0.964. The summed E-state index contributed by atoms with van der Waals surface area (Å²) in [6, 6.07) is 6.82. The van der Waals surface area contributed by atoms with E-state index in [0.29, 0.717) is 13.1 Å². The predicted molar refractivity (Wildman–Crippen MR) is 60.3 cm³/mol. The number of hydrogen-bond acceptors (Lipinski definition) is 4. The number of benzene rings is 1. The van der Waals surface area contributed by atoms with Crippen LogP contribution >= 0.6 is 0 Å². The fourth-order valence-electron chi connectivity index (χ4n) is 2.35. The van der Waals surface area contributed by atoms with E-state index in [2.05, 4.69) is 5.32 Å². The Hall–Kier alpha value is -1.10. The summed E-state index contributed by atoms with van der Waals surface area (Å²) < 4.78 is 0. The molecule has 0 spiro atoms. The quantitative estimate of drug-likeness (QED) is 0.571. The largest absolute Gasteiger partial charge is 0.508 e. The Morgan fingerprint density at radius 1 is 1.19 bits per heavy atom. The second kappa shape index (κ2) is 4.82. The minimum absolute atomic E-state index is 0.0216. The lowest BCUT2D eigenvalue weighted by Crippen LogP contribution is -2.46. The number of phenols is 1. The first-order chi connectivity index (χ1) is 7.72. The number of β-amino-alcohol motifs (C(OH)–C–C–N with tert-alkyl or cyclic N) is 1. The fourth-order valence-corrected chi connectivity index (χ4v) is 2.35. The van der Waals surface area contributed by atoms with Crippen LogP contribution in [0.4, 0.5) is 0 Å². The van der Waals surface area contributed by atoms with Crippen molar-refractivity contribution in [3.05, 3.63) is 29.8 Å². The topological polar surface area (TPSA) is 72.7 Å². The van der Waals surface area contributed by atoms with Crippen molar-refractivity contribution in [1.29, 1.82) is 0 Å². The van der Waals surface area contributed by atoms with Crippen LogP contribution in [0.25, 0.3) is 0 Å². The van der Waals surface area contributed by atoms with E-state index in [0.717, 1.165) is 5.56 Å². The number of piperidine rings is 1. The molecule has 1 aliphatic heterocycles. The molecular weight excluding hydrogens is 206 g/mol. The monoisotopic (exact) mass is 223 g/mol. The third kappa shape index (κ3) is 2.19. The summed E-state index contributed by atoms with van der Waals surface area (Å²) in [6.07, 6.45) is -0.490. The van der Waals surface area contributed by atoms with Crippen LogP contribution in [-0.2, 0) is 0 Å². The normalized spacial score (nSPS) is 30.2. The van der Waals surface area contributed by atoms with Crippen molar-refractivity contribution in [3.63, 3.8) is 0 Å². The molecule has 1 aliphatic rings. The lowest BCUT2D eigenvalue weighted by atomic mass is 9.80. The maximum absolute atomic E-state index is 9.96. The zero-order valence-electron chi connectivity index (χ0n) is 9.00. The number of rotatable bonds is 2. The molecule has 0 bridgehead atoms. The minimum Gasteiger partial charge on any atom is -0.508 e. The zero-order valence-corrected chi connectivity index (χ0v) is 9.00. The molecule has 3 atom stereocenters. The molecule has 1 aromatic carbocycles. The van der Waals surface area contributed by atoms with Crippen LogP contribution in [0.1, 0.15) is 11.5 Å². The number of aliphatic hydroxyl groups is 2. The van der Waals surface area contributed by atoms with Crippen molar-refractivity contribution < 1.29 is 15.3 Å². The van der Waals surface area contributed by atoms with Crippen molar-refractivity contribution >= 4 is 0 Å². The molecule has 1 saturated heterocycles. The Morgan fingerprint density at radius 3 is 2.50 bits per heavy atom. The maximum atomic E-state index is 9.96. The SMILES string of the molecule is OC[C@H]1CNC[C@@H](O)[C@@H]1c1ccc(O)cc1. The van der Waals surface area contributed by atoms with Gasteiger partial charge in [0.2, 0.25) is 0 Å². The third-order valence-corrected chi connectivity index (χ3v) is 3.19. The summed E-state index contributed by atoms with van der Waals surface area (Å²) in [7, 11) is 0. The van der Waals surface area contributed by atoms with Crippen LogP contribution in [0.2, 0.25) is 0 Å². The summed E-state index contributed by atoms with van der Waals surface area (Å²) >= 11 is 0. The van der Waals surface area contributed by atoms with Gasteiger partial charge in [0.15, 0.2) is 0 Å². The molecule has 16 heavy (non-hydrogen) atoms. The zero-order chi connectivity index (χ0) is 11.5. The van der Waals surface area contributed by atoms with Gasteiger partial charge in [-0.1, -0.05) is 12.1 Å². The first kappa shape index (κ1) is 11.4. The van der Waals surface area contributed by atoms with Crippen LogP contribution < -0.4 is 5.32 Å². The lowest BCUT2D eigenvalue weighted by Gasteiger charge is -2.35. The van der Waals surface area contributed by atoms with Crippen molar-refractivity contribution in [1.82, 2.24) is 5.32 Å². The number of nitrogens with one attached hydrogen (secondary N) is 1. The molecule has 0 radical (unpaired) electrons. The first-order valence-electron chi connectivity index (χ1n) is 5.51. The highest BCUT2D eigenvalue weighted by Crippen LogP contribution is 2.31. The lowest BCUT2D eigenvalue weighted by molar-refractivity contribution is 0.0614. The van der Waals surface area contributed by atoms with Crippen LogP contribution in [0.3, 0.4) is 0 Å². The highest BCUT2D eigenvalue weighted by atomic mass is 16.3. The average Bonchev–Trinajstić information content (AvgIpc) is 2.30. The molecule has 2 rings (SSSR count). The van der Waals surface area contributed by atoms with E-state index >= 15 is 0 Å². The molecule has 0 aliphatic carbocycles. The molecule has 1 fully saturated rings. The summed E-state index contributed by atoms with van der Waals surface area (Å²) in [4.78, 5) is 0. The van der Waals surface area contributed by atoms with Crippen molar-refractivity contribution in [2.45, 2.75) is 12.0 Å². The predicted octanol–water partition coefficient (Wildman–Crippen LogP) is 0.0484. The molecule has 1 aromatic rings. The van der Waals surface area contributed by atoms with Crippen molar-refractivity contribution in [3.8, 4) is 5.75 Å². The highest BCUT2D eigenvalue weighted by Gasteiger charge is 2.32. The molecule has 4 nitrogen and oxygen atoms in total. The molecule has 0 unspecified atom stereocenters. The smallest absolute Gasteiger partial charge is 0.115 e. The van der Waals surface area contributed by atoms with Gasteiger partial charge in [0, 0.05) is 31.5 Å². The van der Waals surface area contributed by atoms with Crippen LogP contribution in [-0.4, -0.2) is 41.1 Å². The van der Waals surface area contributed by atoms with Crippen LogP contribution in [0.15, 0.2) is 24.3 Å². The van der Waals surface area contributed by atoms with Gasteiger partial charge in [0.25, 0.3) is 0 Å². The van der Waals surface area contributed by atoms with Crippen LogP contribution in [0, 0.1) is 5.92 Å². The Kier molecular flexibility index (Phi) is 3.43. The highest BCUT2D eigenvalue weighted by molar-refractivity contribution is 5.30. The summed E-state index contributed by atoms with van der Waals surface area (Å²) in [5, 5.41) is 31.6. The second-order valence-corrected chi connectivity index (χ2v) is 4.29. The van der Waals surface area contributed by atoms with Crippen LogP contribution in [0.5, 0.6) is 5.75 Å². The van der Waals surface area contributed by atoms with E-state index in [1.165, 1.54) is 0 Å². The summed E-state index contributed by atoms with van der Waals surface area (Å²) in [6.45, 7) is 1.30. The molecule has 1 heterocycles. The fraction of sp³-hybridized carbons (Fsp3) is 0.500.